The molecule has 0 fully saturated rings. The van der Waals surface area contributed by atoms with Crippen molar-refractivity contribution in [3.8, 4) is 0 Å². The van der Waals surface area contributed by atoms with Gasteiger partial charge in [-0.1, -0.05) is 55.4 Å². The smallest absolute Gasteiger partial charge is 0.239 e. The van der Waals surface area contributed by atoms with E-state index >= 15 is 0 Å². The Labute approximate surface area is 485 Å². The number of nitrogens with one attached hydrogen (secondary N) is 10. The molecule has 28 nitrogen and oxygen atoms in total. The molecule has 12 amide bonds. The van der Waals surface area contributed by atoms with Gasteiger partial charge in [0.25, 0.3) is 0 Å². The second kappa shape index (κ2) is 46.0. The Hall–Kier alpha value is -6.52. The number of primary amides is 4. The number of nitrogens with zero attached hydrogens (tertiary/aromatic N) is 2. The highest BCUT2D eigenvalue weighted by Gasteiger charge is 2.24. The van der Waals surface area contributed by atoms with Crippen LogP contribution in [-0.4, -0.2) is 194 Å². The van der Waals surface area contributed by atoms with Gasteiger partial charge in [0.2, 0.25) is 70.9 Å². The van der Waals surface area contributed by atoms with Gasteiger partial charge in [-0.3, -0.25) is 57.5 Å². The largest absolute Gasteiger partial charge is 0.368 e. The molecule has 28 heteroatoms. The number of rotatable bonds is 46. The van der Waals surface area contributed by atoms with Gasteiger partial charge in [0.05, 0.1) is 24.2 Å². The minimum absolute atomic E-state index is 0.0607. The average Bonchev–Trinajstić information content (AvgIpc) is 3.35. The van der Waals surface area contributed by atoms with Crippen molar-refractivity contribution in [2.45, 2.75) is 207 Å². The molecule has 0 aromatic heterocycles. The van der Waals surface area contributed by atoms with Crippen molar-refractivity contribution >= 4 is 70.9 Å². The molecule has 0 saturated heterocycles. The van der Waals surface area contributed by atoms with E-state index in [2.05, 4.69) is 53.2 Å². The zero-order chi connectivity index (χ0) is 62.7. The van der Waals surface area contributed by atoms with Gasteiger partial charge in [0.15, 0.2) is 0 Å². The Morgan fingerprint density at radius 1 is 0.317 bits per heavy atom. The standard InChI is InChI=1S/2C27H52N8O6/c2*1-18(2)33-21(26(28)40)10-6-8-13-31-23(37)16-35(25(39)12-15-30-20(5)36)17-24(38)32-14-9-7-11-22(27(29)41)34-19(3)4/h2*18-19,21-22,33-34H,6-17H2,1-5H3,(H2,28,40)(H2,29,41)(H,30,36)(H,31,37)(H,32,38). The molecule has 0 aliphatic rings. The monoisotopic (exact) mass is 1170 g/mol. The summed E-state index contributed by atoms with van der Waals surface area (Å²) in [6, 6.07) is -1.33. The second-order valence-corrected chi connectivity index (χ2v) is 21.5. The second-order valence-electron chi connectivity index (χ2n) is 21.5. The predicted molar refractivity (Wildman–Crippen MR) is 312 cm³/mol. The Balaban J connectivity index is 0. The molecule has 472 valence electrons. The first kappa shape index (κ1) is 77.5. The number of unbranched alkanes of at least 4 members (excludes halogenated alkanes) is 4. The summed E-state index contributed by atoms with van der Waals surface area (Å²) in [7, 11) is 0. The van der Waals surface area contributed by atoms with E-state index in [0.29, 0.717) is 103 Å². The maximum absolute atomic E-state index is 12.7. The van der Waals surface area contributed by atoms with Crippen LogP contribution in [0.5, 0.6) is 0 Å². The summed E-state index contributed by atoms with van der Waals surface area (Å²) in [5.74, 6) is -4.86. The van der Waals surface area contributed by atoms with E-state index in [1.54, 1.807) is 0 Å². The molecule has 4 atom stereocenters. The third kappa shape index (κ3) is 44.2. The van der Waals surface area contributed by atoms with Crippen molar-refractivity contribution in [1.82, 2.24) is 63.0 Å². The van der Waals surface area contributed by atoms with Crippen LogP contribution in [0, 0.1) is 0 Å². The van der Waals surface area contributed by atoms with E-state index in [1.165, 1.54) is 13.8 Å². The number of hydrogen-bond acceptors (Lipinski definition) is 16. The van der Waals surface area contributed by atoms with E-state index in [4.69, 9.17) is 22.9 Å². The normalized spacial score (nSPS) is 12.5. The van der Waals surface area contributed by atoms with Crippen LogP contribution in [0.3, 0.4) is 0 Å². The molecular weight excluding hydrogens is 1060 g/mol. The zero-order valence-corrected chi connectivity index (χ0v) is 50.7. The first-order valence-corrected chi connectivity index (χ1v) is 28.8. The fraction of sp³-hybridized carbons (Fsp3) is 0.778. The Kier molecular flexibility index (Phi) is 43.5. The van der Waals surface area contributed by atoms with Gasteiger partial charge in [-0.2, -0.15) is 0 Å². The summed E-state index contributed by atoms with van der Waals surface area (Å²) in [4.78, 5) is 146. The summed E-state index contributed by atoms with van der Waals surface area (Å²) in [5.41, 5.74) is 21.7. The molecule has 0 saturated carbocycles. The van der Waals surface area contributed by atoms with Crippen molar-refractivity contribution in [3.05, 3.63) is 0 Å². The predicted octanol–water partition coefficient (Wildman–Crippen LogP) is -2.76. The molecule has 0 heterocycles. The van der Waals surface area contributed by atoms with Gasteiger partial charge >= 0.3 is 0 Å². The first-order valence-electron chi connectivity index (χ1n) is 28.8. The van der Waals surface area contributed by atoms with E-state index in [1.807, 2.05) is 55.4 Å². The van der Waals surface area contributed by atoms with Crippen molar-refractivity contribution in [2.24, 2.45) is 22.9 Å². The SMILES string of the molecule is CC(=O)NCCC(=O)N(CC(=O)NCCCCC(NC(C)C)C(N)=O)CC(=O)NCCCCC(NC(C)C)C(N)=O.CC(=O)NCCC(=O)N(CC(=O)NCCCCC(NC(C)C)C(N)=O)CC(=O)NCCCCC(NC(C)C)C(N)=O. The fourth-order valence-electron chi connectivity index (χ4n) is 8.03. The van der Waals surface area contributed by atoms with Crippen LogP contribution in [0.4, 0.5) is 0 Å². The third-order valence-electron chi connectivity index (χ3n) is 11.9. The molecule has 0 aromatic carbocycles. The van der Waals surface area contributed by atoms with Crippen LogP contribution in [-0.2, 0) is 57.5 Å². The average molecular weight is 1170 g/mol. The van der Waals surface area contributed by atoms with Gasteiger partial charge < -0.3 is 85.9 Å². The fourth-order valence-corrected chi connectivity index (χ4v) is 8.03. The molecule has 0 radical (unpaired) electrons. The van der Waals surface area contributed by atoms with Gasteiger partial charge in [-0.15, -0.1) is 0 Å². The molecule has 0 aromatic rings. The lowest BCUT2D eigenvalue weighted by Crippen LogP contribution is -2.47. The molecule has 0 spiro atoms. The number of carbonyl (C=O) groups is 12. The van der Waals surface area contributed by atoms with Crippen molar-refractivity contribution in [1.29, 1.82) is 0 Å². The molecule has 4 unspecified atom stereocenters. The van der Waals surface area contributed by atoms with Crippen molar-refractivity contribution < 1.29 is 57.5 Å². The maximum atomic E-state index is 12.7. The van der Waals surface area contributed by atoms with Gasteiger partial charge in [0.1, 0.15) is 26.2 Å². The van der Waals surface area contributed by atoms with Crippen LogP contribution >= 0.6 is 0 Å². The highest BCUT2D eigenvalue weighted by atomic mass is 16.2. The van der Waals surface area contributed by atoms with Crippen LogP contribution in [0.15, 0.2) is 0 Å². The summed E-state index contributed by atoms with van der Waals surface area (Å²) < 4.78 is 0. The Morgan fingerprint density at radius 3 is 0.695 bits per heavy atom. The van der Waals surface area contributed by atoms with Crippen LogP contribution < -0.4 is 76.1 Å². The minimum atomic E-state index is -0.447. The lowest BCUT2D eigenvalue weighted by Gasteiger charge is -2.22. The third-order valence-corrected chi connectivity index (χ3v) is 11.9. The molecule has 0 bridgehead atoms. The van der Waals surface area contributed by atoms with Crippen LogP contribution in [0.2, 0.25) is 0 Å². The summed E-state index contributed by atoms with van der Waals surface area (Å²) >= 11 is 0. The van der Waals surface area contributed by atoms with E-state index in [9.17, 15) is 57.5 Å². The first-order chi connectivity index (χ1) is 38.4. The molecule has 0 rings (SSSR count). The molecule has 18 N–H and O–H groups in total. The van der Waals surface area contributed by atoms with E-state index in [0.717, 1.165) is 9.80 Å². The Bertz CT molecular complexity index is 1740. The van der Waals surface area contributed by atoms with Crippen LogP contribution in [0.1, 0.15) is 159 Å². The molecule has 0 aliphatic heterocycles. The zero-order valence-electron chi connectivity index (χ0n) is 50.7. The van der Waals surface area contributed by atoms with Crippen LogP contribution in [0.25, 0.3) is 0 Å². The lowest BCUT2D eigenvalue weighted by atomic mass is 10.1. The van der Waals surface area contributed by atoms with E-state index < -0.39 is 83.2 Å². The molecular formula is C54H104N16O12. The maximum Gasteiger partial charge on any atom is 0.239 e. The number of nitrogens with two attached hydrogens (primary N) is 4. The topological polar surface area (TPSA) is 436 Å². The summed E-state index contributed by atoms with van der Waals surface area (Å²) in [6.07, 6.45) is 7.07. The highest BCUT2D eigenvalue weighted by Crippen LogP contribution is 2.06. The lowest BCUT2D eigenvalue weighted by molar-refractivity contribution is -0.139. The van der Waals surface area contributed by atoms with E-state index in [-0.39, 0.29) is 88.1 Å². The quantitative estimate of drug-likeness (QED) is 0.0275. The van der Waals surface area contributed by atoms with Gasteiger partial charge in [-0.25, -0.2) is 0 Å². The summed E-state index contributed by atoms with van der Waals surface area (Å²) in [6.45, 7) is 18.3. The molecule has 82 heavy (non-hydrogen) atoms. The number of amides is 12. The van der Waals surface area contributed by atoms with Crippen molar-refractivity contribution in [3.63, 3.8) is 0 Å². The molecule has 0 aliphatic carbocycles. The van der Waals surface area contributed by atoms with Gasteiger partial charge in [-0.05, 0) is 77.0 Å². The number of hydrogen-bond donors (Lipinski definition) is 14. The summed E-state index contributed by atoms with van der Waals surface area (Å²) in [5, 5.41) is 28.4. The highest BCUT2D eigenvalue weighted by molar-refractivity contribution is 5.90. The van der Waals surface area contributed by atoms with Gasteiger partial charge in [0, 0.05) is 90.1 Å². The Morgan fingerprint density at radius 2 is 0.524 bits per heavy atom. The number of carbonyl (C=O) groups excluding carboxylic acids is 12. The van der Waals surface area contributed by atoms with Crippen molar-refractivity contribution in [2.75, 3.05) is 65.4 Å². The minimum Gasteiger partial charge on any atom is -0.368 e.